The Hall–Kier alpha value is -1.61. The Kier molecular flexibility index (Phi) is 5.36. The molecule has 0 aromatic heterocycles. The van der Waals surface area contributed by atoms with Gasteiger partial charge in [0.05, 0.1) is 0 Å². The number of hydrogen-bond donors (Lipinski definition) is 1. The Morgan fingerprint density at radius 1 is 1.20 bits per heavy atom. The van der Waals surface area contributed by atoms with E-state index in [1.807, 2.05) is 24.3 Å². The van der Waals surface area contributed by atoms with Gasteiger partial charge >= 0.3 is 0 Å². The summed E-state index contributed by atoms with van der Waals surface area (Å²) in [6.07, 6.45) is 1.08. The van der Waals surface area contributed by atoms with Crippen molar-refractivity contribution in [1.82, 2.24) is 5.32 Å². The van der Waals surface area contributed by atoms with Gasteiger partial charge in [-0.1, -0.05) is 43.3 Å². The highest BCUT2D eigenvalue weighted by atomic mass is 19.1. The van der Waals surface area contributed by atoms with Gasteiger partial charge < -0.3 is 10.1 Å². The largest absolute Gasteiger partial charge is 0.490 e. The molecule has 0 aliphatic rings. The first-order valence-corrected chi connectivity index (χ1v) is 7.21. The van der Waals surface area contributed by atoms with Crippen LogP contribution in [-0.4, -0.2) is 19.8 Å². The minimum Gasteiger partial charge on any atom is -0.490 e. The topological polar surface area (TPSA) is 21.3 Å². The lowest BCUT2D eigenvalue weighted by molar-refractivity contribution is 0.272. The summed E-state index contributed by atoms with van der Waals surface area (Å²) in [6, 6.07) is 12.4. The number of halogens is 1. The minimum atomic E-state index is -0.473. The molecule has 2 aromatic carbocycles. The van der Waals surface area contributed by atoms with E-state index in [1.54, 1.807) is 0 Å². The van der Waals surface area contributed by atoms with E-state index in [1.165, 1.54) is 0 Å². The van der Waals surface area contributed by atoms with Gasteiger partial charge in [-0.3, -0.25) is 0 Å². The lowest BCUT2D eigenvalue weighted by Gasteiger charge is -2.19. The van der Waals surface area contributed by atoms with Crippen LogP contribution in [-0.2, 0) is 0 Å². The summed E-state index contributed by atoms with van der Waals surface area (Å²) in [5.41, 5.74) is 1.09. The molecule has 0 spiro atoms. The van der Waals surface area contributed by atoms with E-state index < -0.39 is 6.67 Å². The van der Waals surface area contributed by atoms with Crippen LogP contribution in [0.4, 0.5) is 4.39 Å². The van der Waals surface area contributed by atoms with Crippen LogP contribution in [0.5, 0.6) is 5.75 Å². The number of ether oxygens (including phenoxy) is 1. The molecule has 0 saturated carbocycles. The molecule has 2 rings (SSSR count). The average Bonchev–Trinajstić information content (AvgIpc) is 2.50. The summed E-state index contributed by atoms with van der Waals surface area (Å²) in [4.78, 5) is 0. The van der Waals surface area contributed by atoms with Gasteiger partial charge in [0.1, 0.15) is 19.0 Å². The normalized spacial score (nSPS) is 12.6. The zero-order valence-corrected chi connectivity index (χ0v) is 12.2. The molecule has 1 atom stereocenters. The average molecular weight is 275 g/mol. The van der Waals surface area contributed by atoms with Crippen molar-refractivity contribution in [2.24, 2.45) is 0 Å². The van der Waals surface area contributed by atoms with Crippen molar-refractivity contribution in [3.05, 3.63) is 42.0 Å². The maximum absolute atomic E-state index is 12.5. The van der Waals surface area contributed by atoms with Gasteiger partial charge in [-0.2, -0.15) is 0 Å². The standard InChI is InChI=1S/C17H22FNO/c1-3-11-19-13(2)15-9-8-14-6-4-5-7-16(14)17(15)20-12-10-18/h4-9,13,19H,3,10-12H2,1-2H3. The minimum absolute atomic E-state index is 0.0987. The summed E-state index contributed by atoms with van der Waals surface area (Å²) < 4.78 is 18.2. The van der Waals surface area contributed by atoms with Gasteiger partial charge in [0.2, 0.25) is 0 Å². The van der Waals surface area contributed by atoms with Crippen molar-refractivity contribution in [2.45, 2.75) is 26.3 Å². The molecule has 0 aliphatic carbocycles. The fourth-order valence-electron chi connectivity index (χ4n) is 2.37. The summed E-state index contributed by atoms with van der Waals surface area (Å²) in [6.45, 7) is 4.83. The molecular weight excluding hydrogens is 253 g/mol. The van der Waals surface area contributed by atoms with Gasteiger partial charge in [-0.05, 0) is 25.3 Å². The first-order chi connectivity index (χ1) is 9.77. The highest BCUT2D eigenvalue weighted by Gasteiger charge is 2.14. The van der Waals surface area contributed by atoms with Crippen LogP contribution in [0.3, 0.4) is 0 Å². The lowest BCUT2D eigenvalue weighted by Crippen LogP contribution is -2.20. The second-order valence-corrected chi connectivity index (χ2v) is 4.92. The van der Waals surface area contributed by atoms with Crippen molar-refractivity contribution in [2.75, 3.05) is 19.8 Å². The molecule has 20 heavy (non-hydrogen) atoms. The number of hydrogen-bond acceptors (Lipinski definition) is 2. The van der Waals surface area contributed by atoms with Crippen molar-refractivity contribution >= 4 is 10.8 Å². The van der Waals surface area contributed by atoms with Gasteiger partial charge in [-0.15, -0.1) is 0 Å². The Labute approximate surface area is 119 Å². The van der Waals surface area contributed by atoms with Gasteiger partial charge in [-0.25, -0.2) is 4.39 Å². The number of benzene rings is 2. The molecule has 3 heteroatoms. The monoisotopic (exact) mass is 275 g/mol. The van der Waals surface area contributed by atoms with Crippen molar-refractivity contribution in [3.63, 3.8) is 0 Å². The molecule has 0 bridgehead atoms. The van der Waals surface area contributed by atoms with Crippen molar-refractivity contribution in [1.29, 1.82) is 0 Å². The third-order valence-corrected chi connectivity index (χ3v) is 3.40. The predicted molar refractivity (Wildman–Crippen MR) is 82.1 cm³/mol. The Morgan fingerprint density at radius 3 is 2.75 bits per heavy atom. The molecule has 2 nitrogen and oxygen atoms in total. The third-order valence-electron chi connectivity index (χ3n) is 3.40. The number of rotatable bonds is 7. The van der Waals surface area contributed by atoms with E-state index in [2.05, 4.69) is 31.3 Å². The third kappa shape index (κ3) is 3.28. The maximum atomic E-state index is 12.5. The van der Waals surface area contributed by atoms with Crippen LogP contribution >= 0.6 is 0 Å². The van der Waals surface area contributed by atoms with Crippen LogP contribution in [0.1, 0.15) is 31.9 Å². The zero-order chi connectivity index (χ0) is 14.4. The molecule has 0 amide bonds. The molecule has 1 N–H and O–H groups in total. The van der Waals surface area contributed by atoms with Crippen LogP contribution < -0.4 is 10.1 Å². The summed E-state index contributed by atoms with van der Waals surface area (Å²) >= 11 is 0. The molecular formula is C17H22FNO. The molecule has 0 fully saturated rings. The van der Waals surface area contributed by atoms with Crippen LogP contribution in [0.25, 0.3) is 10.8 Å². The van der Waals surface area contributed by atoms with E-state index in [0.29, 0.717) is 0 Å². The van der Waals surface area contributed by atoms with Crippen LogP contribution in [0.2, 0.25) is 0 Å². The van der Waals surface area contributed by atoms with E-state index in [4.69, 9.17) is 4.74 Å². The first kappa shape index (κ1) is 14.8. The number of fused-ring (bicyclic) bond motifs is 1. The molecule has 0 radical (unpaired) electrons. The SMILES string of the molecule is CCCNC(C)c1ccc2ccccc2c1OCCF. The second-order valence-electron chi connectivity index (χ2n) is 4.92. The quantitative estimate of drug-likeness (QED) is 0.815. The zero-order valence-electron chi connectivity index (χ0n) is 12.2. The highest BCUT2D eigenvalue weighted by Crippen LogP contribution is 2.33. The van der Waals surface area contributed by atoms with Crippen LogP contribution in [0, 0.1) is 0 Å². The van der Waals surface area contributed by atoms with Crippen LogP contribution in [0.15, 0.2) is 36.4 Å². The van der Waals surface area contributed by atoms with Crippen molar-refractivity contribution < 1.29 is 9.13 Å². The summed E-state index contributed by atoms with van der Waals surface area (Å²) in [5.74, 6) is 0.803. The maximum Gasteiger partial charge on any atom is 0.132 e. The molecule has 0 aliphatic heterocycles. The first-order valence-electron chi connectivity index (χ1n) is 7.21. The fraction of sp³-hybridized carbons (Fsp3) is 0.412. The van der Waals surface area contributed by atoms with E-state index in [-0.39, 0.29) is 12.6 Å². The molecule has 2 aromatic rings. The number of nitrogens with one attached hydrogen (secondary N) is 1. The van der Waals surface area contributed by atoms with Gasteiger partial charge in [0, 0.05) is 17.0 Å². The Balaban J connectivity index is 2.41. The molecule has 0 saturated heterocycles. The Bertz CT molecular complexity index is 556. The van der Waals surface area contributed by atoms with Gasteiger partial charge in [0.25, 0.3) is 0 Å². The second kappa shape index (κ2) is 7.25. The highest BCUT2D eigenvalue weighted by molar-refractivity contribution is 5.89. The Morgan fingerprint density at radius 2 is 2.00 bits per heavy atom. The molecule has 1 unspecified atom stereocenters. The fourth-order valence-corrected chi connectivity index (χ4v) is 2.37. The predicted octanol–water partition coefficient (Wildman–Crippen LogP) is 4.25. The summed E-state index contributed by atoms with van der Waals surface area (Å²) in [7, 11) is 0. The van der Waals surface area contributed by atoms with E-state index in [0.717, 1.165) is 35.1 Å². The smallest absolute Gasteiger partial charge is 0.132 e. The van der Waals surface area contributed by atoms with Crippen molar-refractivity contribution in [3.8, 4) is 5.75 Å². The van der Waals surface area contributed by atoms with E-state index >= 15 is 0 Å². The molecule has 0 heterocycles. The van der Waals surface area contributed by atoms with Gasteiger partial charge in [0.15, 0.2) is 0 Å². The number of alkyl halides is 1. The lowest BCUT2D eigenvalue weighted by atomic mass is 10.0. The van der Waals surface area contributed by atoms with E-state index in [9.17, 15) is 4.39 Å². The molecule has 108 valence electrons. The summed E-state index contributed by atoms with van der Waals surface area (Å²) in [5, 5.41) is 5.62.